The first-order chi connectivity index (χ1) is 10.1. The van der Waals surface area contributed by atoms with Crippen LogP contribution in [0.1, 0.15) is 52.5 Å². The molecule has 0 N–H and O–H groups in total. The van der Waals surface area contributed by atoms with Crippen LogP contribution in [0.15, 0.2) is 18.2 Å². The third-order valence-electron chi connectivity index (χ3n) is 4.66. The lowest BCUT2D eigenvalue weighted by Gasteiger charge is -2.53. The van der Waals surface area contributed by atoms with Gasteiger partial charge in [0, 0.05) is 17.3 Å². The van der Waals surface area contributed by atoms with E-state index in [1.807, 2.05) is 26.0 Å². The topological polar surface area (TPSA) is 38.8 Å². The second kappa shape index (κ2) is 5.49. The van der Waals surface area contributed by atoms with Crippen LogP contribution in [0.5, 0.6) is 5.75 Å². The highest BCUT2D eigenvalue weighted by Gasteiger charge is 2.47. The molecule has 1 heterocycles. The Morgan fingerprint density at radius 2 is 1.95 bits per heavy atom. The van der Waals surface area contributed by atoms with Gasteiger partial charge in [-0.3, -0.25) is 0 Å². The third-order valence-corrected chi connectivity index (χ3v) is 4.66. The van der Waals surface area contributed by atoms with Crippen LogP contribution < -0.4 is 9.64 Å². The summed E-state index contributed by atoms with van der Waals surface area (Å²) in [5.74, 6) is 0.999. The van der Waals surface area contributed by atoms with Crippen LogP contribution >= 0.6 is 0 Å². The van der Waals surface area contributed by atoms with Crippen molar-refractivity contribution in [2.24, 2.45) is 0 Å². The molecule has 1 aliphatic heterocycles. The monoisotopic (exact) mass is 305 g/mol. The molecule has 2 rings (SSSR count). The number of ether oxygens (including phenoxy) is 2. The van der Waals surface area contributed by atoms with Gasteiger partial charge >= 0.3 is 5.97 Å². The Hall–Kier alpha value is -1.71. The molecule has 1 aliphatic rings. The molecule has 0 unspecified atom stereocenters. The first-order valence-electron chi connectivity index (χ1n) is 7.72. The van der Waals surface area contributed by atoms with Crippen LogP contribution in [0.2, 0.25) is 0 Å². The Kier molecular flexibility index (Phi) is 4.16. The third kappa shape index (κ3) is 2.55. The van der Waals surface area contributed by atoms with E-state index in [9.17, 15) is 4.79 Å². The minimum absolute atomic E-state index is 0.156. The predicted octanol–water partition coefficient (Wildman–Crippen LogP) is 3.74. The lowest BCUT2D eigenvalue weighted by atomic mass is 9.77. The van der Waals surface area contributed by atoms with Gasteiger partial charge in [0.2, 0.25) is 0 Å². The average molecular weight is 305 g/mol. The summed E-state index contributed by atoms with van der Waals surface area (Å²) in [6.45, 7) is 10.4. The molecule has 1 aromatic rings. The Balaban J connectivity index is 2.66. The fraction of sp³-hybridized carbons (Fsp3) is 0.611. The van der Waals surface area contributed by atoms with Gasteiger partial charge in [0.1, 0.15) is 11.3 Å². The van der Waals surface area contributed by atoms with E-state index in [-0.39, 0.29) is 11.5 Å². The van der Waals surface area contributed by atoms with Gasteiger partial charge in [0.05, 0.1) is 14.2 Å². The van der Waals surface area contributed by atoms with Crippen LogP contribution in [0.3, 0.4) is 0 Å². The van der Waals surface area contributed by atoms with E-state index in [0.717, 1.165) is 17.9 Å². The van der Waals surface area contributed by atoms with Crippen LogP contribution in [0.4, 0.5) is 5.69 Å². The molecule has 0 spiro atoms. The van der Waals surface area contributed by atoms with Gasteiger partial charge in [-0.25, -0.2) is 4.79 Å². The molecule has 4 heteroatoms. The van der Waals surface area contributed by atoms with Gasteiger partial charge in [0.25, 0.3) is 0 Å². The Morgan fingerprint density at radius 3 is 2.50 bits per heavy atom. The SMILES string of the molecule is COC(=O)C(C)(C)N1c2cc(OC)ccc2[C@@H](C)CC1(C)C. The van der Waals surface area contributed by atoms with Crippen molar-refractivity contribution in [1.29, 1.82) is 0 Å². The minimum Gasteiger partial charge on any atom is -0.497 e. The van der Waals surface area contributed by atoms with E-state index in [1.54, 1.807) is 7.11 Å². The Labute approximate surface area is 133 Å². The predicted molar refractivity (Wildman–Crippen MR) is 88.7 cm³/mol. The van der Waals surface area contributed by atoms with Crippen molar-refractivity contribution in [3.8, 4) is 5.75 Å². The quantitative estimate of drug-likeness (QED) is 0.797. The lowest BCUT2D eigenvalue weighted by Crippen LogP contribution is -2.62. The van der Waals surface area contributed by atoms with Gasteiger partial charge in [-0.05, 0) is 51.7 Å². The van der Waals surface area contributed by atoms with Gasteiger partial charge in [-0.1, -0.05) is 13.0 Å². The van der Waals surface area contributed by atoms with Crippen LogP contribution in [0, 0.1) is 0 Å². The summed E-state index contributed by atoms with van der Waals surface area (Å²) in [7, 11) is 3.10. The van der Waals surface area contributed by atoms with Crippen LogP contribution in [-0.4, -0.2) is 31.3 Å². The fourth-order valence-corrected chi connectivity index (χ4v) is 3.94. The zero-order valence-electron chi connectivity index (χ0n) is 14.7. The van der Waals surface area contributed by atoms with Crippen molar-refractivity contribution < 1.29 is 14.3 Å². The molecule has 1 aromatic carbocycles. The minimum atomic E-state index is -0.750. The van der Waals surface area contributed by atoms with Gasteiger partial charge in [0.15, 0.2) is 0 Å². The highest BCUT2D eigenvalue weighted by molar-refractivity contribution is 5.86. The first-order valence-corrected chi connectivity index (χ1v) is 7.72. The number of fused-ring (bicyclic) bond motifs is 1. The summed E-state index contributed by atoms with van der Waals surface area (Å²) in [5, 5.41) is 0. The number of hydrogen-bond donors (Lipinski definition) is 0. The van der Waals surface area contributed by atoms with Gasteiger partial charge in [-0.2, -0.15) is 0 Å². The summed E-state index contributed by atoms with van der Waals surface area (Å²) in [4.78, 5) is 14.6. The van der Waals surface area contributed by atoms with E-state index in [1.165, 1.54) is 12.7 Å². The molecular formula is C18H27NO3. The standard InChI is InChI=1S/C18H27NO3/c1-12-11-17(2,3)19(18(4,5)16(20)22-7)15-10-13(21-6)8-9-14(12)15/h8-10,12H,11H2,1-7H3/t12-/m0/s1. The number of carbonyl (C=O) groups is 1. The maximum atomic E-state index is 12.4. The zero-order valence-corrected chi connectivity index (χ0v) is 14.7. The molecule has 0 saturated carbocycles. The number of nitrogens with zero attached hydrogens (tertiary/aromatic N) is 1. The smallest absolute Gasteiger partial charge is 0.331 e. The normalized spacial score (nSPS) is 20.3. The van der Waals surface area contributed by atoms with Crippen molar-refractivity contribution in [2.75, 3.05) is 19.1 Å². The number of benzene rings is 1. The Bertz CT molecular complexity index is 578. The van der Waals surface area contributed by atoms with Crippen LogP contribution in [-0.2, 0) is 9.53 Å². The van der Waals surface area contributed by atoms with Crippen molar-refractivity contribution in [2.45, 2.75) is 58.0 Å². The molecule has 1 atom stereocenters. The summed E-state index contributed by atoms with van der Waals surface area (Å²) >= 11 is 0. The molecule has 22 heavy (non-hydrogen) atoms. The van der Waals surface area contributed by atoms with Gasteiger partial charge < -0.3 is 14.4 Å². The molecule has 122 valence electrons. The zero-order chi connectivity index (χ0) is 16.7. The lowest BCUT2D eigenvalue weighted by molar-refractivity contribution is -0.146. The number of hydrogen-bond acceptors (Lipinski definition) is 4. The number of anilines is 1. The van der Waals surface area contributed by atoms with E-state index >= 15 is 0 Å². The molecule has 0 aliphatic carbocycles. The van der Waals surface area contributed by atoms with Crippen molar-refractivity contribution in [3.05, 3.63) is 23.8 Å². The first kappa shape index (κ1) is 16.7. The second-order valence-electron chi connectivity index (χ2n) is 7.23. The van der Waals surface area contributed by atoms with Crippen molar-refractivity contribution in [3.63, 3.8) is 0 Å². The van der Waals surface area contributed by atoms with Crippen molar-refractivity contribution >= 4 is 11.7 Å². The molecule has 0 amide bonds. The molecule has 0 fully saturated rings. The van der Waals surface area contributed by atoms with E-state index in [4.69, 9.17) is 9.47 Å². The number of rotatable bonds is 3. The molecular weight excluding hydrogens is 278 g/mol. The second-order valence-corrected chi connectivity index (χ2v) is 7.23. The summed E-state index contributed by atoms with van der Waals surface area (Å²) in [5.41, 5.74) is 1.39. The molecule has 4 nitrogen and oxygen atoms in total. The number of methoxy groups -OCH3 is 2. The Morgan fingerprint density at radius 1 is 1.32 bits per heavy atom. The van der Waals surface area contributed by atoms with E-state index in [0.29, 0.717) is 5.92 Å². The van der Waals surface area contributed by atoms with Crippen LogP contribution in [0.25, 0.3) is 0 Å². The van der Waals surface area contributed by atoms with Crippen molar-refractivity contribution in [1.82, 2.24) is 0 Å². The highest BCUT2D eigenvalue weighted by Crippen LogP contribution is 2.48. The fourth-order valence-electron chi connectivity index (χ4n) is 3.94. The number of esters is 1. The molecule has 0 saturated heterocycles. The highest BCUT2D eigenvalue weighted by atomic mass is 16.5. The number of carbonyl (C=O) groups excluding carboxylic acids is 1. The largest absolute Gasteiger partial charge is 0.497 e. The summed E-state index contributed by atoms with van der Waals surface area (Å²) in [6, 6.07) is 6.11. The average Bonchev–Trinajstić information content (AvgIpc) is 2.44. The molecule has 0 radical (unpaired) electrons. The van der Waals surface area contributed by atoms with E-state index in [2.05, 4.69) is 31.7 Å². The summed E-state index contributed by atoms with van der Waals surface area (Å²) < 4.78 is 10.4. The van der Waals surface area contributed by atoms with E-state index < -0.39 is 5.54 Å². The summed E-state index contributed by atoms with van der Waals surface area (Å²) in [6.07, 6.45) is 0.979. The molecule has 0 bridgehead atoms. The van der Waals surface area contributed by atoms with Gasteiger partial charge in [-0.15, -0.1) is 0 Å². The molecule has 0 aromatic heterocycles. The maximum absolute atomic E-state index is 12.4. The maximum Gasteiger partial charge on any atom is 0.331 e.